The summed E-state index contributed by atoms with van der Waals surface area (Å²) < 4.78 is 13.4. The first-order chi connectivity index (χ1) is 33.7. The summed E-state index contributed by atoms with van der Waals surface area (Å²) in [6, 6.07) is 18.8. The van der Waals surface area contributed by atoms with Crippen molar-refractivity contribution in [1.29, 1.82) is 5.26 Å². The third-order valence-corrected chi connectivity index (χ3v) is 15.5. The van der Waals surface area contributed by atoms with Crippen LogP contribution in [0.4, 0.5) is 5.82 Å². The van der Waals surface area contributed by atoms with E-state index in [1.54, 1.807) is 22.7 Å². The Hall–Kier alpha value is -6.90. The van der Waals surface area contributed by atoms with Crippen molar-refractivity contribution in [2.45, 2.75) is 88.5 Å². The lowest BCUT2D eigenvalue weighted by molar-refractivity contribution is -0.137. The number of rotatable bonds is 13. The molecule has 2 bridgehead atoms. The lowest BCUT2D eigenvalue weighted by Gasteiger charge is -2.56. The number of hydrogen-bond acceptors (Lipinski definition) is 13. The standard InChI is InChI=1S/C52H57N11O6/c1-68-48-9-2-34(24-55-48)27-61-40-21-41(61)30-60(29-40)46-7-4-37(25-54-46)44-22-42(31-63-50(44)39(23-53)26-56-63)69-32-33-10-18-59(19-11-33)49(65)14-17-58-15-12-35(13-16-58)36-3-5-43-38(20-36)28-62(52(43)67)45-6-8-47(64)57-51(45)66/h2-5,7,9,20,22,24-26,31,33,35,40-41,45H,6,8,10-19,21,27-30,32H2,1H3,(H,57,64,66)/t40-,41+,45?. The number of hydrogen-bond donors (Lipinski definition) is 1. The van der Waals surface area contributed by atoms with Crippen LogP contribution in [0.25, 0.3) is 16.6 Å². The number of fused-ring (bicyclic) bond motifs is 4. The van der Waals surface area contributed by atoms with Crippen LogP contribution in [-0.4, -0.2) is 140 Å². The summed E-state index contributed by atoms with van der Waals surface area (Å²) in [5.41, 5.74) is 6.92. The highest BCUT2D eigenvalue weighted by atomic mass is 16.5. The van der Waals surface area contributed by atoms with E-state index in [-0.39, 0.29) is 24.1 Å². The molecule has 0 radical (unpaired) electrons. The molecule has 5 aromatic rings. The van der Waals surface area contributed by atoms with E-state index in [2.05, 4.69) is 66.5 Å². The minimum Gasteiger partial charge on any atom is -0.492 e. The number of anilines is 1. The molecule has 7 aliphatic heterocycles. The number of aromatic nitrogens is 4. The smallest absolute Gasteiger partial charge is 0.255 e. The summed E-state index contributed by atoms with van der Waals surface area (Å²) in [5, 5.41) is 16.9. The second-order valence-corrected chi connectivity index (χ2v) is 19.6. The molecule has 1 N–H and O–H groups in total. The highest BCUT2D eigenvalue weighted by molar-refractivity contribution is 6.05. The summed E-state index contributed by atoms with van der Waals surface area (Å²) in [6.45, 7) is 7.58. The molecule has 1 aromatic carbocycles. The molecule has 0 saturated carbocycles. The van der Waals surface area contributed by atoms with Crippen LogP contribution < -0.4 is 19.7 Å². The van der Waals surface area contributed by atoms with E-state index < -0.39 is 11.9 Å². The predicted molar refractivity (Wildman–Crippen MR) is 254 cm³/mol. The number of methoxy groups -OCH3 is 1. The van der Waals surface area contributed by atoms with Gasteiger partial charge in [-0.15, -0.1) is 0 Å². The number of carbonyl (C=O) groups excluding carboxylic acids is 4. The van der Waals surface area contributed by atoms with Crippen LogP contribution in [0.3, 0.4) is 0 Å². The molecule has 7 aliphatic rings. The van der Waals surface area contributed by atoms with Crippen LogP contribution >= 0.6 is 0 Å². The molecule has 12 rings (SSSR count). The lowest BCUT2D eigenvalue weighted by atomic mass is 9.87. The number of nitrogens with one attached hydrogen (secondary N) is 1. The number of ether oxygens (including phenoxy) is 2. The first-order valence-electron chi connectivity index (χ1n) is 24.5. The van der Waals surface area contributed by atoms with Gasteiger partial charge in [0.2, 0.25) is 23.6 Å². The number of carbonyl (C=O) groups is 4. The molecule has 1 unspecified atom stereocenters. The SMILES string of the molecule is COc1ccc(CN2[C@@H]3C[C@H]2CN(c2ccc(-c4cc(OCC5CCN(C(=O)CCN6CCC(c7ccc8c(c7)CN(C7CCC(=O)NC7=O)C8=O)CC6)CC5)cn5ncc(C#N)c45)cn2)C3)cn1. The number of likely N-dealkylation sites (tertiary alicyclic amines) is 2. The summed E-state index contributed by atoms with van der Waals surface area (Å²) >= 11 is 0. The van der Waals surface area contributed by atoms with Crippen molar-refractivity contribution in [2.75, 3.05) is 64.4 Å². The van der Waals surface area contributed by atoms with Gasteiger partial charge < -0.3 is 29.1 Å². The van der Waals surface area contributed by atoms with Crippen molar-refractivity contribution >= 4 is 35.0 Å². The molecule has 17 heteroatoms. The summed E-state index contributed by atoms with van der Waals surface area (Å²) in [7, 11) is 1.63. The van der Waals surface area contributed by atoms with E-state index in [1.807, 2.05) is 41.7 Å². The van der Waals surface area contributed by atoms with Gasteiger partial charge in [0, 0.05) is 106 Å². The number of nitriles is 1. The minimum atomic E-state index is -0.614. The molecule has 0 aliphatic carbocycles. The zero-order chi connectivity index (χ0) is 47.2. The Morgan fingerprint density at radius 3 is 2.45 bits per heavy atom. The van der Waals surface area contributed by atoms with Crippen LogP contribution in [0.2, 0.25) is 0 Å². The zero-order valence-electron chi connectivity index (χ0n) is 39.0. The molecule has 356 valence electrons. The first kappa shape index (κ1) is 44.6. The van der Waals surface area contributed by atoms with Gasteiger partial charge in [-0.1, -0.05) is 18.2 Å². The van der Waals surface area contributed by atoms with Gasteiger partial charge in [-0.25, -0.2) is 14.5 Å². The van der Waals surface area contributed by atoms with E-state index in [0.29, 0.717) is 85.8 Å². The average molecular weight is 932 g/mol. The quantitative estimate of drug-likeness (QED) is 0.160. The predicted octanol–water partition coefficient (Wildman–Crippen LogP) is 4.78. The number of piperidine rings is 4. The highest BCUT2D eigenvalue weighted by Gasteiger charge is 2.45. The molecule has 4 amide bonds. The van der Waals surface area contributed by atoms with Gasteiger partial charge in [-0.2, -0.15) is 10.4 Å². The molecule has 0 spiro atoms. The monoisotopic (exact) mass is 931 g/mol. The lowest BCUT2D eigenvalue weighted by Crippen LogP contribution is -2.68. The normalized spacial score (nSPS) is 22.3. The van der Waals surface area contributed by atoms with Gasteiger partial charge in [0.1, 0.15) is 23.7 Å². The average Bonchev–Trinajstić information content (AvgIpc) is 3.96. The van der Waals surface area contributed by atoms with Crippen molar-refractivity contribution in [3.63, 3.8) is 0 Å². The molecule has 69 heavy (non-hydrogen) atoms. The molecule has 11 heterocycles. The van der Waals surface area contributed by atoms with Crippen LogP contribution in [0.5, 0.6) is 11.6 Å². The van der Waals surface area contributed by atoms with Crippen molar-refractivity contribution in [3.8, 4) is 28.8 Å². The molecular weight excluding hydrogens is 875 g/mol. The van der Waals surface area contributed by atoms with Crippen molar-refractivity contribution < 1.29 is 28.7 Å². The van der Waals surface area contributed by atoms with Gasteiger partial charge in [0.15, 0.2) is 0 Å². The van der Waals surface area contributed by atoms with E-state index in [9.17, 15) is 24.4 Å². The fourth-order valence-electron chi connectivity index (χ4n) is 11.5. The van der Waals surface area contributed by atoms with Gasteiger partial charge >= 0.3 is 0 Å². The molecule has 4 aromatic heterocycles. The number of amides is 4. The number of benzene rings is 1. The van der Waals surface area contributed by atoms with E-state index in [1.165, 1.54) is 17.5 Å². The van der Waals surface area contributed by atoms with Gasteiger partial charge in [-0.3, -0.25) is 29.4 Å². The summed E-state index contributed by atoms with van der Waals surface area (Å²) in [4.78, 5) is 71.0. The molecular formula is C52H57N11O6. The van der Waals surface area contributed by atoms with Crippen molar-refractivity contribution in [3.05, 3.63) is 101 Å². The topological polar surface area (TPSA) is 182 Å². The molecule has 6 saturated heterocycles. The van der Waals surface area contributed by atoms with Crippen LogP contribution in [-0.2, 0) is 27.5 Å². The minimum absolute atomic E-state index is 0.147. The Morgan fingerprint density at radius 1 is 0.899 bits per heavy atom. The summed E-state index contributed by atoms with van der Waals surface area (Å²) in [6.07, 6.45) is 13.2. The van der Waals surface area contributed by atoms with Gasteiger partial charge in [-0.05, 0) is 104 Å². The Labute approximate surface area is 401 Å². The third-order valence-electron chi connectivity index (χ3n) is 15.5. The number of nitrogens with zero attached hydrogens (tertiary/aromatic N) is 10. The maximum Gasteiger partial charge on any atom is 0.255 e. The van der Waals surface area contributed by atoms with Crippen LogP contribution in [0.1, 0.15) is 89.9 Å². The Kier molecular flexibility index (Phi) is 12.2. The fraction of sp³-hybridized carbons (Fsp3) is 0.462. The summed E-state index contributed by atoms with van der Waals surface area (Å²) in [5.74, 6) is 2.28. The first-order valence-corrected chi connectivity index (χ1v) is 24.5. The van der Waals surface area contributed by atoms with E-state index >= 15 is 0 Å². The fourth-order valence-corrected chi connectivity index (χ4v) is 11.5. The Balaban J connectivity index is 0.638. The number of imide groups is 1. The van der Waals surface area contributed by atoms with Crippen LogP contribution in [0, 0.1) is 17.2 Å². The number of piperazine rings is 1. The van der Waals surface area contributed by atoms with Crippen molar-refractivity contribution in [1.82, 2.24) is 44.5 Å². The van der Waals surface area contributed by atoms with Crippen molar-refractivity contribution in [2.24, 2.45) is 5.92 Å². The molecule has 6 fully saturated rings. The van der Waals surface area contributed by atoms with Gasteiger partial charge in [0.05, 0.1) is 37.2 Å². The zero-order valence-corrected chi connectivity index (χ0v) is 39.0. The molecule has 3 atom stereocenters. The molecule has 17 nitrogen and oxygen atoms in total. The highest BCUT2D eigenvalue weighted by Crippen LogP contribution is 2.38. The number of pyridine rings is 3. The Morgan fingerprint density at radius 2 is 1.72 bits per heavy atom. The second kappa shape index (κ2) is 18.9. The maximum atomic E-state index is 13.4. The van der Waals surface area contributed by atoms with Crippen LogP contribution in [0.15, 0.2) is 73.3 Å². The second-order valence-electron chi connectivity index (χ2n) is 19.6. The third kappa shape index (κ3) is 8.99. The van der Waals surface area contributed by atoms with Gasteiger partial charge in [0.25, 0.3) is 5.91 Å². The van der Waals surface area contributed by atoms with E-state index in [0.717, 1.165) is 93.0 Å². The Bertz CT molecular complexity index is 2800. The largest absolute Gasteiger partial charge is 0.492 e. The maximum absolute atomic E-state index is 13.4. The van der Waals surface area contributed by atoms with E-state index in [4.69, 9.17) is 14.5 Å².